The molecule has 0 aliphatic carbocycles. The number of rotatable bonds is 4. The first-order valence-electron chi connectivity index (χ1n) is 7.27. The summed E-state index contributed by atoms with van der Waals surface area (Å²) in [7, 11) is 0. The fourth-order valence-electron chi connectivity index (χ4n) is 2.52. The Hall–Kier alpha value is -2.49. The first-order chi connectivity index (χ1) is 10.3. The molecule has 0 bridgehead atoms. The Morgan fingerprint density at radius 2 is 1.81 bits per heavy atom. The molecule has 0 spiro atoms. The van der Waals surface area contributed by atoms with Crippen molar-refractivity contribution in [2.75, 3.05) is 30.3 Å². The summed E-state index contributed by atoms with van der Waals surface area (Å²) in [6.07, 6.45) is 0.841. The van der Waals surface area contributed by atoms with Crippen molar-refractivity contribution in [2.45, 2.75) is 6.42 Å². The molecule has 1 aliphatic rings. The van der Waals surface area contributed by atoms with Crippen LogP contribution in [-0.2, 0) is 6.42 Å². The standard InChI is InChI=1S/C17H19N3O/c21-17(20-10-9-13-5-2-1-3-6-13)14-7-4-8-15-16(14)19-12-11-18-15/h1-8,18-19H,9-12H2,(H,20,21). The molecule has 2 aromatic rings. The van der Waals surface area contributed by atoms with E-state index < -0.39 is 0 Å². The van der Waals surface area contributed by atoms with Crippen LogP contribution in [0.15, 0.2) is 48.5 Å². The van der Waals surface area contributed by atoms with Gasteiger partial charge < -0.3 is 16.0 Å². The summed E-state index contributed by atoms with van der Waals surface area (Å²) in [5.41, 5.74) is 3.83. The molecular formula is C17H19N3O. The van der Waals surface area contributed by atoms with Gasteiger partial charge in [0, 0.05) is 19.6 Å². The van der Waals surface area contributed by atoms with Crippen LogP contribution in [0.4, 0.5) is 11.4 Å². The van der Waals surface area contributed by atoms with Gasteiger partial charge in [0.15, 0.2) is 0 Å². The Kier molecular flexibility index (Phi) is 4.05. The smallest absolute Gasteiger partial charge is 0.253 e. The molecular weight excluding hydrogens is 262 g/mol. The minimum absolute atomic E-state index is 0.0287. The van der Waals surface area contributed by atoms with E-state index in [0.29, 0.717) is 12.1 Å². The lowest BCUT2D eigenvalue weighted by molar-refractivity contribution is 0.0955. The number of carbonyl (C=O) groups is 1. The van der Waals surface area contributed by atoms with Gasteiger partial charge in [0.1, 0.15) is 0 Å². The van der Waals surface area contributed by atoms with Crippen molar-refractivity contribution in [1.29, 1.82) is 0 Å². The minimum atomic E-state index is -0.0287. The van der Waals surface area contributed by atoms with Crippen LogP contribution in [0.1, 0.15) is 15.9 Å². The molecule has 4 heteroatoms. The molecule has 0 unspecified atom stereocenters. The summed E-state index contributed by atoms with van der Waals surface area (Å²) < 4.78 is 0. The van der Waals surface area contributed by atoms with Crippen LogP contribution in [0, 0.1) is 0 Å². The van der Waals surface area contributed by atoms with Crippen molar-refractivity contribution in [2.24, 2.45) is 0 Å². The van der Waals surface area contributed by atoms with E-state index in [-0.39, 0.29) is 5.91 Å². The van der Waals surface area contributed by atoms with E-state index in [0.717, 1.165) is 30.9 Å². The maximum Gasteiger partial charge on any atom is 0.253 e. The SMILES string of the molecule is O=C(NCCc1ccccc1)c1cccc2c1NCCN2. The molecule has 0 saturated carbocycles. The lowest BCUT2D eigenvalue weighted by atomic mass is 10.1. The topological polar surface area (TPSA) is 53.2 Å². The van der Waals surface area contributed by atoms with Crippen LogP contribution >= 0.6 is 0 Å². The molecule has 1 amide bonds. The number of fused-ring (bicyclic) bond motifs is 1. The van der Waals surface area contributed by atoms with Crippen LogP contribution in [-0.4, -0.2) is 25.5 Å². The molecule has 1 heterocycles. The highest BCUT2D eigenvalue weighted by Crippen LogP contribution is 2.28. The summed E-state index contributed by atoms with van der Waals surface area (Å²) in [4.78, 5) is 12.3. The first-order valence-corrected chi connectivity index (χ1v) is 7.27. The second-order valence-electron chi connectivity index (χ2n) is 5.07. The van der Waals surface area contributed by atoms with Crippen molar-refractivity contribution >= 4 is 17.3 Å². The average Bonchev–Trinajstić information content (AvgIpc) is 2.55. The number of amides is 1. The van der Waals surface area contributed by atoms with Crippen molar-refractivity contribution in [3.63, 3.8) is 0 Å². The number of nitrogens with one attached hydrogen (secondary N) is 3. The summed E-state index contributed by atoms with van der Waals surface area (Å²) in [6, 6.07) is 15.9. The van der Waals surface area contributed by atoms with Crippen molar-refractivity contribution < 1.29 is 4.79 Å². The number of carbonyl (C=O) groups excluding carboxylic acids is 1. The van der Waals surface area contributed by atoms with Gasteiger partial charge in [0.05, 0.1) is 16.9 Å². The number of hydrogen-bond donors (Lipinski definition) is 3. The number of benzene rings is 2. The molecule has 0 atom stereocenters. The Morgan fingerprint density at radius 3 is 2.67 bits per heavy atom. The van der Waals surface area contributed by atoms with Crippen LogP contribution in [0.2, 0.25) is 0 Å². The van der Waals surface area contributed by atoms with Crippen molar-refractivity contribution in [1.82, 2.24) is 5.32 Å². The van der Waals surface area contributed by atoms with Gasteiger partial charge in [-0.05, 0) is 24.1 Å². The Labute approximate surface area is 124 Å². The molecule has 0 aromatic heterocycles. The van der Waals surface area contributed by atoms with E-state index in [1.165, 1.54) is 5.56 Å². The zero-order valence-corrected chi connectivity index (χ0v) is 11.9. The molecule has 0 saturated heterocycles. The molecule has 0 fully saturated rings. The molecule has 3 rings (SSSR count). The molecule has 108 valence electrons. The molecule has 4 nitrogen and oxygen atoms in total. The third-order valence-electron chi connectivity index (χ3n) is 3.59. The van der Waals surface area contributed by atoms with E-state index in [2.05, 4.69) is 28.1 Å². The number of para-hydroxylation sites is 1. The maximum absolute atomic E-state index is 12.3. The van der Waals surface area contributed by atoms with Gasteiger partial charge in [-0.1, -0.05) is 36.4 Å². The highest BCUT2D eigenvalue weighted by molar-refractivity contribution is 6.02. The summed E-state index contributed by atoms with van der Waals surface area (Å²) >= 11 is 0. The summed E-state index contributed by atoms with van der Waals surface area (Å²) in [5.74, 6) is -0.0287. The zero-order chi connectivity index (χ0) is 14.5. The van der Waals surface area contributed by atoms with E-state index >= 15 is 0 Å². The predicted octanol–water partition coefficient (Wildman–Crippen LogP) is 2.50. The highest BCUT2D eigenvalue weighted by Gasteiger charge is 2.16. The van der Waals surface area contributed by atoms with Gasteiger partial charge in [-0.2, -0.15) is 0 Å². The van der Waals surface area contributed by atoms with Crippen LogP contribution < -0.4 is 16.0 Å². The largest absolute Gasteiger partial charge is 0.382 e. The van der Waals surface area contributed by atoms with Crippen LogP contribution in [0.25, 0.3) is 0 Å². The van der Waals surface area contributed by atoms with Gasteiger partial charge in [0.25, 0.3) is 5.91 Å². The zero-order valence-electron chi connectivity index (χ0n) is 11.9. The van der Waals surface area contributed by atoms with Gasteiger partial charge in [-0.3, -0.25) is 4.79 Å². The summed E-state index contributed by atoms with van der Waals surface area (Å²) in [6.45, 7) is 2.35. The van der Waals surface area contributed by atoms with Crippen LogP contribution in [0.5, 0.6) is 0 Å². The van der Waals surface area contributed by atoms with E-state index in [9.17, 15) is 4.79 Å². The van der Waals surface area contributed by atoms with Crippen LogP contribution in [0.3, 0.4) is 0 Å². The normalized spacial score (nSPS) is 12.8. The Balaban J connectivity index is 1.63. The van der Waals surface area contributed by atoms with Crippen molar-refractivity contribution in [3.8, 4) is 0 Å². The predicted molar refractivity (Wildman–Crippen MR) is 85.9 cm³/mol. The lowest BCUT2D eigenvalue weighted by Gasteiger charge is -2.22. The van der Waals surface area contributed by atoms with E-state index in [4.69, 9.17) is 0 Å². The van der Waals surface area contributed by atoms with Gasteiger partial charge >= 0.3 is 0 Å². The molecule has 0 radical (unpaired) electrons. The maximum atomic E-state index is 12.3. The van der Waals surface area contributed by atoms with Gasteiger partial charge in [-0.25, -0.2) is 0 Å². The third-order valence-corrected chi connectivity index (χ3v) is 3.59. The number of anilines is 2. The second kappa shape index (κ2) is 6.31. The number of hydrogen-bond acceptors (Lipinski definition) is 3. The summed E-state index contributed by atoms with van der Waals surface area (Å²) in [5, 5.41) is 9.59. The Bertz CT molecular complexity index is 625. The van der Waals surface area contributed by atoms with E-state index in [1.54, 1.807) is 0 Å². The highest BCUT2D eigenvalue weighted by atomic mass is 16.1. The lowest BCUT2D eigenvalue weighted by Crippen LogP contribution is -2.29. The molecule has 1 aliphatic heterocycles. The monoisotopic (exact) mass is 281 g/mol. The van der Waals surface area contributed by atoms with E-state index in [1.807, 2.05) is 36.4 Å². The Morgan fingerprint density at radius 1 is 1.00 bits per heavy atom. The van der Waals surface area contributed by atoms with Gasteiger partial charge in [0.2, 0.25) is 0 Å². The molecule has 2 aromatic carbocycles. The third kappa shape index (κ3) is 3.16. The average molecular weight is 281 g/mol. The molecule has 21 heavy (non-hydrogen) atoms. The fraction of sp³-hybridized carbons (Fsp3) is 0.235. The molecule has 3 N–H and O–H groups in total. The second-order valence-corrected chi connectivity index (χ2v) is 5.07. The minimum Gasteiger partial charge on any atom is -0.382 e. The van der Waals surface area contributed by atoms with Gasteiger partial charge in [-0.15, -0.1) is 0 Å². The fourth-order valence-corrected chi connectivity index (χ4v) is 2.52. The first kappa shape index (κ1) is 13.5. The van der Waals surface area contributed by atoms with Crippen molar-refractivity contribution in [3.05, 3.63) is 59.7 Å². The quantitative estimate of drug-likeness (QED) is 0.807.